The Morgan fingerprint density at radius 1 is 0.822 bits per heavy atom. The minimum Gasteiger partial charge on any atom is -0.340 e. The van der Waals surface area contributed by atoms with Gasteiger partial charge in [-0.2, -0.15) is 18.2 Å². The van der Waals surface area contributed by atoms with Crippen LogP contribution in [0, 0.1) is 5.82 Å². The van der Waals surface area contributed by atoms with E-state index in [1.807, 2.05) is 54.6 Å². The monoisotopic (exact) mass is 631 g/mol. The molecule has 45 heavy (non-hydrogen) atoms. The van der Waals surface area contributed by atoms with E-state index < -0.39 is 11.7 Å². The molecule has 0 radical (unpaired) electrons. The van der Waals surface area contributed by atoms with Crippen molar-refractivity contribution in [3.05, 3.63) is 153 Å². The van der Waals surface area contributed by atoms with E-state index in [2.05, 4.69) is 4.98 Å². The van der Waals surface area contributed by atoms with E-state index in [1.54, 1.807) is 34.8 Å². The maximum Gasteiger partial charge on any atom is 0.416 e. The van der Waals surface area contributed by atoms with Crippen molar-refractivity contribution in [3.63, 3.8) is 0 Å². The molecule has 5 nitrogen and oxygen atoms in total. The van der Waals surface area contributed by atoms with Crippen LogP contribution in [0.1, 0.15) is 27.8 Å². The second-order valence-electron chi connectivity index (χ2n) is 10.6. The normalized spacial score (nSPS) is 11.4. The van der Waals surface area contributed by atoms with Crippen molar-refractivity contribution in [2.75, 3.05) is 7.05 Å². The molecule has 0 aliphatic rings. The average molecular weight is 632 g/mol. The van der Waals surface area contributed by atoms with Crippen LogP contribution in [0.4, 0.5) is 17.6 Å². The van der Waals surface area contributed by atoms with E-state index in [0.717, 1.165) is 34.4 Å². The molecular weight excluding hydrogens is 602 g/mol. The van der Waals surface area contributed by atoms with Gasteiger partial charge in [-0.15, -0.1) is 0 Å². The number of carbonyl (C=O) groups excluding carboxylic acids is 1. The molecule has 0 N–H and O–H groups in total. The van der Waals surface area contributed by atoms with Gasteiger partial charge < -0.3 is 9.47 Å². The molecule has 10 heteroatoms. The van der Waals surface area contributed by atoms with Gasteiger partial charge in [-0.1, -0.05) is 90.6 Å². The zero-order valence-electron chi connectivity index (χ0n) is 24.3. The van der Waals surface area contributed by atoms with E-state index in [0.29, 0.717) is 35.0 Å². The highest BCUT2D eigenvalue weighted by molar-refractivity contribution is 7.98. The Hall–Kier alpha value is -4.70. The van der Waals surface area contributed by atoms with E-state index in [9.17, 15) is 27.2 Å². The summed E-state index contributed by atoms with van der Waals surface area (Å²) in [6.45, 7) is 0.246. The molecule has 0 spiro atoms. The summed E-state index contributed by atoms with van der Waals surface area (Å²) in [5, 5.41) is 0.379. The molecule has 230 valence electrons. The molecule has 0 saturated heterocycles. The van der Waals surface area contributed by atoms with Crippen LogP contribution in [-0.2, 0) is 36.2 Å². The van der Waals surface area contributed by atoms with Crippen LogP contribution in [0.5, 0.6) is 0 Å². The van der Waals surface area contributed by atoms with E-state index in [-0.39, 0.29) is 23.8 Å². The molecule has 4 aromatic carbocycles. The lowest BCUT2D eigenvalue weighted by Crippen LogP contribution is -2.31. The summed E-state index contributed by atoms with van der Waals surface area (Å²) in [4.78, 5) is 32.2. The number of hydrogen-bond donors (Lipinski definition) is 0. The number of thioether (sulfide) groups is 1. The number of benzene rings is 4. The van der Waals surface area contributed by atoms with Gasteiger partial charge in [0, 0.05) is 37.5 Å². The fourth-order valence-electron chi connectivity index (χ4n) is 4.70. The Morgan fingerprint density at radius 2 is 1.42 bits per heavy atom. The van der Waals surface area contributed by atoms with Crippen molar-refractivity contribution >= 4 is 17.7 Å². The summed E-state index contributed by atoms with van der Waals surface area (Å²) < 4.78 is 53.8. The maximum absolute atomic E-state index is 13.4. The third-order valence-corrected chi connectivity index (χ3v) is 8.26. The van der Waals surface area contributed by atoms with Crippen LogP contribution in [0.3, 0.4) is 0 Å². The Bertz CT molecular complexity index is 1810. The topological polar surface area (TPSA) is 55.2 Å². The average Bonchev–Trinajstić information content (AvgIpc) is 3.03. The van der Waals surface area contributed by atoms with Crippen molar-refractivity contribution < 1.29 is 22.4 Å². The first-order valence-corrected chi connectivity index (χ1v) is 15.1. The Kier molecular flexibility index (Phi) is 9.83. The van der Waals surface area contributed by atoms with Gasteiger partial charge in [0.25, 0.3) is 5.56 Å². The van der Waals surface area contributed by atoms with Crippen molar-refractivity contribution in [1.29, 1.82) is 0 Å². The highest BCUT2D eigenvalue weighted by Gasteiger charge is 2.30. The lowest BCUT2D eigenvalue weighted by atomic mass is 10.0. The van der Waals surface area contributed by atoms with Gasteiger partial charge in [0.05, 0.1) is 5.56 Å². The number of hydrogen-bond acceptors (Lipinski definition) is 4. The first-order chi connectivity index (χ1) is 21.5. The second-order valence-corrected chi connectivity index (χ2v) is 11.5. The molecule has 1 heterocycles. The molecule has 0 fully saturated rings. The molecule has 0 unspecified atom stereocenters. The van der Waals surface area contributed by atoms with Crippen molar-refractivity contribution in [3.8, 4) is 11.1 Å². The van der Waals surface area contributed by atoms with Crippen molar-refractivity contribution in [1.82, 2.24) is 14.5 Å². The highest BCUT2D eigenvalue weighted by atomic mass is 32.2. The minimum atomic E-state index is -4.39. The van der Waals surface area contributed by atoms with Gasteiger partial charge in [0.15, 0.2) is 5.16 Å². The third kappa shape index (κ3) is 8.48. The lowest BCUT2D eigenvalue weighted by molar-refractivity contribution is -0.137. The fourth-order valence-corrected chi connectivity index (χ4v) is 5.62. The SMILES string of the molecule is CN(Cc1ccc(-c2ccc(C(F)(F)F)cc2)cc1)C(=O)Cn1cc(Cc2ccccc2)c(=O)nc1SCc1ccc(F)cc1. The van der Waals surface area contributed by atoms with E-state index >= 15 is 0 Å². The number of amides is 1. The zero-order valence-corrected chi connectivity index (χ0v) is 25.1. The summed E-state index contributed by atoms with van der Waals surface area (Å²) in [6, 6.07) is 27.8. The molecule has 0 aliphatic carbocycles. The number of aromatic nitrogens is 2. The van der Waals surface area contributed by atoms with Crippen LogP contribution < -0.4 is 5.56 Å². The molecule has 0 atom stereocenters. The Morgan fingerprint density at radius 3 is 2.04 bits per heavy atom. The quantitative estimate of drug-likeness (QED) is 0.0905. The second kappa shape index (κ2) is 13.9. The number of rotatable bonds is 10. The van der Waals surface area contributed by atoms with Gasteiger partial charge in [-0.3, -0.25) is 9.59 Å². The predicted molar refractivity (Wildman–Crippen MR) is 167 cm³/mol. The smallest absolute Gasteiger partial charge is 0.340 e. The largest absolute Gasteiger partial charge is 0.416 e. The summed E-state index contributed by atoms with van der Waals surface area (Å²) in [7, 11) is 1.68. The van der Waals surface area contributed by atoms with Gasteiger partial charge in [-0.25, -0.2) is 4.39 Å². The van der Waals surface area contributed by atoms with Gasteiger partial charge in [0.1, 0.15) is 12.4 Å². The standard InChI is InChI=1S/C35H29F4N3O2S/c1-41(20-25-7-11-27(12-8-25)28-13-15-30(16-14-28)35(37,38)39)32(43)22-42-21-29(19-24-5-3-2-4-6-24)33(44)40-34(42)45-23-26-9-17-31(36)18-10-26/h2-18,21H,19-20,22-23H2,1H3. The molecular formula is C35H29F4N3O2S. The number of likely N-dealkylation sites (N-methyl/N-ethyl adjacent to an activating group) is 1. The summed E-state index contributed by atoms with van der Waals surface area (Å²) in [5.41, 5.74) is 3.43. The van der Waals surface area contributed by atoms with Crippen molar-refractivity contribution in [2.24, 2.45) is 0 Å². The van der Waals surface area contributed by atoms with E-state index in [4.69, 9.17) is 0 Å². The first-order valence-electron chi connectivity index (χ1n) is 14.1. The summed E-state index contributed by atoms with van der Waals surface area (Å²) in [6.07, 6.45) is -2.35. The molecule has 0 aliphatic heterocycles. The molecule has 0 bridgehead atoms. The number of alkyl halides is 3. The Balaban J connectivity index is 1.30. The zero-order chi connectivity index (χ0) is 32.0. The highest BCUT2D eigenvalue weighted by Crippen LogP contribution is 2.31. The molecule has 0 saturated carbocycles. The molecule has 5 rings (SSSR count). The fraction of sp³-hybridized carbons (Fsp3) is 0.171. The maximum atomic E-state index is 13.4. The molecule has 5 aromatic rings. The molecule has 1 aromatic heterocycles. The van der Waals surface area contributed by atoms with Gasteiger partial charge in [-0.05, 0) is 52.1 Å². The van der Waals surface area contributed by atoms with E-state index in [1.165, 1.54) is 36.0 Å². The predicted octanol–water partition coefficient (Wildman–Crippen LogP) is 7.61. The van der Waals surface area contributed by atoms with Crippen LogP contribution in [0.2, 0.25) is 0 Å². The third-order valence-electron chi connectivity index (χ3n) is 7.20. The van der Waals surface area contributed by atoms with Crippen LogP contribution in [0.25, 0.3) is 11.1 Å². The van der Waals surface area contributed by atoms with Crippen molar-refractivity contribution in [2.45, 2.75) is 36.6 Å². The number of carbonyl (C=O) groups is 1. The van der Waals surface area contributed by atoms with Gasteiger partial charge in [0.2, 0.25) is 5.91 Å². The summed E-state index contributed by atoms with van der Waals surface area (Å²) in [5.74, 6) is -0.117. The lowest BCUT2D eigenvalue weighted by Gasteiger charge is -2.20. The first kappa shape index (κ1) is 31.7. The minimum absolute atomic E-state index is 0.0546. The van der Waals surface area contributed by atoms with Crippen LogP contribution in [0.15, 0.2) is 119 Å². The van der Waals surface area contributed by atoms with Crippen LogP contribution >= 0.6 is 11.8 Å². The number of halogens is 4. The van der Waals surface area contributed by atoms with Gasteiger partial charge >= 0.3 is 6.18 Å². The Labute approximate surface area is 262 Å². The van der Waals surface area contributed by atoms with Crippen LogP contribution in [-0.4, -0.2) is 27.4 Å². The summed E-state index contributed by atoms with van der Waals surface area (Å²) >= 11 is 1.29. The number of nitrogens with zero attached hydrogens (tertiary/aromatic N) is 3. The molecule has 1 amide bonds.